The molecule has 1 aromatic heterocycles. The highest BCUT2D eigenvalue weighted by Crippen LogP contribution is 2.33. The van der Waals surface area contributed by atoms with E-state index in [1.165, 1.54) is 44.1 Å². The number of hydrogen-bond acceptors (Lipinski definition) is 2. The SMILES string of the molecule is CCCCCCCCCC(C)(O)c1sccc1C. The second-order valence-corrected chi connectivity index (χ2v) is 6.49. The van der Waals surface area contributed by atoms with Gasteiger partial charge in [-0.3, -0.25) is 0 Å². The fourth-order valence-corrected chi connectivity index (χ4v) is 3.48. The van der Waals surface area contributed by atoms with Gasteiger partial charge >= 0.3 is 0 Å². The van der Waals surface area contributed by atoms with Crippen LogP contribution in [-0.2, 0) is 5.60 Å². The van der Waals surface area contributed by atoms with Gasteiger partial charge in [0.2, 0.25) is 0 Å². The second-order valence-electron chi connectivity index (χ2n) is 5.58. The van der Waals surface area contributed by atoms with Crippen molar-refractivity contribution in [2.24, 2.45) is 0 Å². The van der Waals surface area contributed by atoms with Gasteiger partial charge in [-0.25, -0.2) is 0 Å². The Kier molecular flexibility index (Phi) is 6.95. The summed E-state index contributed by atoms with van der Waals surface area (Å²) in [5.74, 6) is 0. The summed E-state index contributed by atoms with van der Waals surface area (Å²) >= 11 is 1.68. The molecule has 0 saturated carbocycles. The van der Waals surface area contributed by atoms with Gasteiger partial charge in [-0.1, -0.05) is 51.9 Å². The summed E-state index contributed by atoms with van der Waals surface area (Å²) in [7, 11) is 0. The second kappa shape index (κ2) is 7.96. The van der Waals surface area contributed by atoms with E-state index >= 15 is 0 Å². The van der Waals surface area contributed by atoms with E-state index < -0.39 is 5.60 Å². The lowest BCUT2D eigenvalue weighted by atomic mass is 9.94. The molecular weight excluding hydrogens is 240 g/mol. The highest BCUT2D eigenvalue weighted by molar-refractivity contribution is 7.10. The van der Waals surface area contributed by atoms with E-state index in [9.17, 15) is 5.11 Å². The molecule has 1 N–H and O–H groups in total. The fourth-order valence-electron chi connectivity index (χ4n) is 2.46. The topological polar surface area (TPSA) is 20.2 Å². The molecule has 0 aliphatic heterocycles. The monoisotopic (exact) mass is 268 g/mol. The van der Waals surface area contributed by atoms with Gasteiger partial charge in [0, 0.05) is 4.88 Å². The van der Waals surface area contributed by atoms with Crippen LogP contribution in [0.15, 0.2) is 11.4 Å². The zero-order chi connectivity index (χ0) is 13.4. The Morgan fingerprint density at radius 2 is 1.72 bits per heavy atom. The zero-order valence-electron chi connectivity index (χ0n) is 12.2. The molecule has 1 unspecified atom stereocenters. The summed E-state index contributed by atoms with van der Waals surface area (Å²) in [5.41, 5.74) is 0.606. The van der Waals surface area contributed by atoms with Crippen molar-refractivity contribution >= 4 is 11.3 Å². The molecule has 1 rings (SSSR count). The van der Waals surface area contributed by atoms with Crippen molar-refractivity contribution in [2.75, 3.05) is 0 Å². The number of thiophene rings is 1. The Balaban J connectivity index is 2.20. The van der Waals surface area contributed by atoms with Gasteiger partial charge in [0.1, 0.15) is 0 Å². The molecule has 0 radical (unpaired) electrons. The number of hydrogen-bond donors (Lipinski definition) is 1. The molecular formula is C16H28OS. The van der Waals surface area contributed by atoms with E-state index in [2.05, 4.69) is 25.3 Å². The van der Waals surface area contributed by atoms with Crippen LogP contribution in [0.4, 0.5) is 0 Å². The summed E-state index contributed by atoms with van der Waals surface area (Å²) in [6.07, 6.45) is 10.0. The highest BCUT2D eigenvalue weighted by atomic mass is 32.1. The minimum Gasteiger partial charge on any atom is -0.385 e. The van der Waals surface area contributed by atoms with Crippen LogP contribution in [0.3, 0.4) is 0 Å². The minimum absolute atomic E-state index is 0.623. The summed E-state index contributed by atoms with van der Waals surface area (Å²) < 4.78 is 0. The lowest BCUT2D eigenvalue weighted by molar-refractivity contribution is 0.0480. The van der Waals surface area contributed by atoms with Gasteiger partial charge in [-0.15, -0.1) is 11.3 Å². The van der Waals surface area contributed by atoms with Gasteiger partial charge < -0.3 is 5.11 Å². The first-order valence-electron chi connectivity index (χ1n) is 7.35. The Morgan fingerprint density at radius 1 is 1.11 bits per heavy atom. The van der Waals surface area contributed by atoms with E-state index in [-0.39, 0.29) is 0 Å². The van der Waals surface area contributed by atoms with E-state index in [0.29, 0.717) is 0 Å². The van der Waals surface area contributed by atoms with Crippen LogP contribution in [0, 0.1) is 6.92 Å². The van der Waals surface area contributed by atoms with Gasteiger partial charge in [-0.2, -0.15) is 0 Å². The molecule has 0 bridgehead atoms. The predicted octanol–water partition coefficient (Wildman–Crippen LogP) is 5.40. The first-order chi connectivity index (χ1) is 8.58. The van der Waals surface area contributed by atoms with Crippen molar-refractivity contribution in [1.82, 2.24) is 0 Å². The Bertz CT molecular complexity index is 328. The van der Waals surface area contributed by atoms with Gasteiger partial charge in [0.15, 0.2) is 0 Å². The molecule has 1 aromatic rings. The zero-order valence-corrected chi connectivity index (χ0v) is 13.0. The van der Waals surface area contributed by atoms with Crippen LogP contribution in [0.2, 0.25) is 0 Å². The predicted molar refractivity (Wildman–Crippen MR) is 81.2 cm³/mol. The van der Waals surface area contributed by atoms with Crippen LogP contribution < -0.4 is 0 Å². The smallest absolute Gasteiger partial charge is 0.0962 e. The standard InChI is InChI=1S/C16H28OS/c1-4-5-6-7-8-9-10-12-16(3,17)15-14(2)11-13-18-15/h11,13,17H,4-10,12H2,1-3H3. The highest BCUT2D eigenvalue weighted by Gasteiger charge is 2.25. The van der Waals surface area contributed by atoms with Crippen molar-refractivity contribution in [3.63, 3.8) is 0 Å². The molecule has 2 heteroatoms. The Hall–Kier alpha value is -0.340. The molecule has 0 aromatic carbocycles. The van der Waals surface area contributed by atoms with E-state index in [4.69, 9.17) is 0 Å². The minimum atomic E-state index is -0.623. The van der Waals surface area contributed by atoms with E-state index in [0.717, 1.165) is 17.7 Å². The average Bonchev–Trinajstić information content (AvgIpc) is 2.75. The van der Waals surface area contributed by atoms with Gasteiger partial charge in [0.05, 0.1) is 5.60 Å². The van der Waals surface area contributed by atoms with Crippen LogP contribution >= 0.6 is 11.3 Å². The van der Waals surface area contributed by atoms with Gasteiger partial charge in [-0.05, 0) is 37.3 Å². The number of aryl methyl sites for hydroxylation is 1. The van der Waals surface area contributed by atoms with E-state index in [1.54, 1.807) is 11.3 Å². The lowest BCUT2D eigenvalue weighted by Crippen LogP contribution is -2.20. The normalized spacial score (nSPS) is 14.7. The Morgan fingerprint density at radius 3 is 2.28 bits per heavy atom. The number of rotatable bonds is 9. The van der Waals surface area contributed by atoms with Crippen LogP contribution in [0.5, 0.6) is 0 Å². The number of unbranched alkanes of at least 4 members (excludes halogenated alkanes) is 6. The van der Waals surface area contributed by atoms with Crippen LogP contribution in [0.1, 0.15) is 75.7 Å². The first kappa shape index (κ1) is 15.7. The van der Waals surface area contributed by atoms with Gasteiger partial charge in [0.25, 0.3) is 0 Å². The first-order valence-corrected chi connectivity index (χ1v) is 8.23. The maximum absolute atomic E-state index is 10.5. The average molecular weight is 268 g/mol. The van der Waals surface area contributed by atoms with Crippen LogP contribution in [-0.4, -0.2) is 5.11 Å². The maximum atomic E-state index is 10.5. The fraction of sp³-hybridized carbons (Fsp3) is 0.750. The molecule has 0 spiro atoms. The van der Waals surface area contributed by atoms with Crippen molar-refractivity contribution in [1.29, 1.82) is 0 Å². The van der Waals surface area contributed by atoms with Crippen molar-refractivity contribution in [3.8, 4) is 0 Å². The molecule has 1 nitrogen and oxygen atoms in total. The molecule has 1 heterocycles. The van der Waals surface area contributed by atoms with Crippen LogP contribution in [0.25, 0.3) is 0 Å². The molecule has 0 amide bonds. The molecule has 0 fully saturated rings. The summed E-state index contributed by atoms with van der Waals surface area (Å²) in [4.78, 5) is 1.15. The molecule has 18 heavy (non-hydrogen) atoms. The van der Waals surface area contributed by atoms with Crippen molar-refractivity contribution in [2.45, 2.75) is 77.7 Å². The maximum Gasteiger partial charge on any atom is 0.0962 e. The summed E-state index contributed by atoms with van der Waals surface area (Å²) in [6, 6.07) is 2.10. The Labute approximate surface area is 116 Å². The molecule has 0 aliphatic rings. The third kappa shape index (κ3) is 5.11. The molecule has 104 valence electrons. The third-order valence-corrected chi connectivity index (χ3v) is 4.89. The molecule has 1 atom stereocenters. The van der Waals surface area contributed by atoms with E-state index in [1.807, 2.05) is 6.92 Å². The quantitative estimate of drug-likeness (QED) is 0.594. The van der Waals surface area contributed by atoms with Crippen molar-refractivity contribution < 1.29 is 5.11 Å². The summed E-state index contributed by atoms with van der Waals surface area (Å²) in [5, 5.41) is 12.6. The largest absolute Gasteiger partial charge is 0.385 e. The number of aliphatic hydroxyl groups is 1. The third-order valence-electron chi connectivity index (χ3n) is 3.62. The lowest BCUT2D eigenvalue weighted by Gasteiger charge is -2.23. The summed E-state index contributed by atoms with van der Waals surface area (Å²) in [6.45, 7) is 6.30. The molecule has 0 saturated heterocycles. The van der Waals surface area contributed by atoms with Crippen molar-refractivity contribution in [3.05, 3.63) is 21.9 Å². The molecule has 0 aliphatic carbocycles.